The van der Waals surface area contributed by atoms with Gasteiger partial charge < -0.3 is 5.11 Å². The molecule has 1 aliphatic rings. The van der Waals surface area contributed by atoms with E-state index in [0.717, 1.165) is 15.4 Å². The van der Waals surface area contributed by atoms with Crippen LogP contribution in [-0.4, -0.2) is 35.6 Å². The highest BCUT2D eigenvalue weighted by atomic mass is 79.9. The maximum atomic E-state index is 13.0. The van der Waals surface area contributed by atoms with Crippen LogP contribution in [-0.2, 0) is 32.6 Å². The molecule has 1 heterocycles. The number of hydrogen-bond donors (Lipinski definition) is 1. The van der Waals surface area contributed by atoms with E-state index in [1.54, 1.807) is 36.4 Å². The Hall–Kier alpha value is -2.03. The maximum absolute atomic E-state index is 13.0. The Bertz CT molecular complexity index is 940. The first kappa shape index (κ1) is 17.8. The summed E-state index contributed by atoms with van der Waals surface area (Å²) in [4.78, 5) is 23.3. The van der Waals surface area contributed by atoms with Gasteiger partial charge in [-0.15, -0.1) is 0 Å². The highest BCUT2D eigenvalue weighted by Gasteiger charge is 2.41. The molecule has 0 aromatic heterocycles. The standard InChI is InChI=1S/C17H14BrNO5S/c18-13-5-7-14(8-6-13)25(23,24)19-10-12-4-2-1-3-11(12)9-15(19)16(20)17(21)22/h1-8,15H,9-10H2,(H,21,22)/t15-/m1/s1. The summed E-state index contributed by atoms with van der Waals surface area (Å²) >= 11 is 3.24. The van der Waals surface area contributed by atoms with Crippen molar-refractivity contribution in [2.75, 3.05) is 0 Å². The molecular weight excluding hydrogens is 410 g/mol. The number of fused-ring (bicyclic) bond motifs is 1. The smallest absolute Gasteiger partial charge is 0.373 e. The van der Waals surface area contributed by atoms with Gasteiger partial charge in [-0.3, -0.25) is 4.79 Å². The number of carbonyl (C=O) groups is 2. The van der Waals surface area contributed by atoms with Crippen LogP contribution in [0.1, 0.15) is 11.1 Å². The molecule has 0 saturated carbocycles. The Balaban J connectivity index is 2.08. The number of benzene rings is 2. The van der Waals surface area contributed by atoms with Crippen LogP contribution in [0.5, 0.6) is 0 Å². The van der Waals surface area contributed by atoms with E-state index in [-0.39, 0.29) is 17.9 Å². The maximum Gasteiger partial charge on any atom is 0.373 e. The molecule has 3 rings (SSSR count). The van der Waals surface area contributed by atoms with Crippen LogP contribution in [0.25, 0.3) is 0 Å². The van der Waals surface area contributed by atoms with Gasteiger partial charge in [0.15, 0.2) is 0 Å². The molecule has 2 aromatic carbocycles. The Morgan fingerprint density at radius 1 is 1.04 bits per heavy atom. The summed E-state index contributed by atoms with van der Waals surface area (Å²) in [5.74, 6) is -2.77. The van der Waals surface area contributed by atoms with Crippen molar-refractivity contribution in [2.45, 2.75) is 23.9 Å². The molecule has 25 heavy (non-hydrogen) atoms. The van der Waals surface area contributed by atoms with Crippen molar-refractivity contribution in [1.82, 2.24) is 4.31 Å². The first-order chi connectivity index (χ1) is 11.8. The van der Waals surface area contributed by atoms with E-state index < -0.39 is 27.8 Å². The minimum atomic E-state index is -4.02. The molecule has 130 valence electrons. The Labute approximate surface area is 153 Å². The number of aliphatic carboxylic acids is 1. The highest BCUT2D eigenvalue weighted by Crippen LogP contribution is 2.30. The number of carboxylic acid groups (broad SMARTS) is 1. The van der Waals surface area contributed by atoms with Gasteiger partial charge in [0, 0.05) is 11.0 Å². The lowest BCUT2D eigenvalue weighted by molar-refractivity contribution is -0.151. The molecule has 1 N–H and O–H groups in total. The van der Waals surface area contributed by atoms with E-state index in [9.17, 15) is 18.0 Å². The second-order valence-electron chi connectivity index (χ2n) is 5.66. The molecule has 0 saturated heterocycles. The number of halogens is 1. The molecule has 0 fully saturated rings. The molecule has 0 aliphatic carbocycles. The fourth-order valence-corrected chi connectivity index (χ4v) is 4.69. The van der Waals surface area contributed by atoms with E-state index in [1.165, 1.54) is 12.1 Å². The summed E-state index contributed by atoms with van der Waals surface area (Å²) in [5, 5.41) is 9.10. The zero-order chi connectivity index (χ0) is 18.2. The molecule has 0 bridgehead atoms. The largest absolute Gasteiger partial charge is 0.475 e. The number of ketones is 1. The van der Waals surface area contributed by atoms with Gasteiger partial charge in [-0.05, 0) is 41.8 Å². The van der Waals surface area contributed by atoms with Gasteiger partial charge in [0.2, 0.25) is 10.0 Å². The number of rotatable bonds is 4. The van der Waals surface area contributed by atoms with Crippen LogP contribution >= 0.6 is 15.9 Å². The van der Waals surface area contributed by atoms with Crippen molar-refractivity contribution in [1.29, 1.82) is 0 Å². The second kappa shape index (κ2) is 6.70. The van der Waals surface area contributed by atoms with Gasteiger partial charge in [-0.2, -0.15) is 4.31 Å². The molecular formula is C17H14BrNO5S. The molecule has 0 unspecified atom stereocenters. The third-order valence-electron chi connectivity index (χ3n) is 4.14. The van der Waals surface area contributed by atoms with Crippen molar-refractivity contribution in [3.05, 3.63) is 64.1 Å². The van der Waals surface area contributed by atoms with Gasteiger partial charge in [0.25, 0.3) is 5.78 Å². The fourth-order valence-electron chi connectivity index (χ4n) is 2.86. The monoisotopic (exact) mass is 423 g/mol. The molecule has 0 amide bonds. The summed E-state index contributed by atoms with van der Waals surface area (Å²) in [6, 6.07) is 11.9. The van der Waals surface area contributed by atoms with Crippen molar-refractivity contribution >= 4 is 37.7 Å². The summed E-state index contributed by atoms with van der Waals surface area (Å²) in [6.07, 6.45) is 0.0388. The topological polar surface area (TPSA) is 91.8 Å². The van der Waals surface area contributed by atoms with Gasteiger partial charge in [-0.1, -0.05) is 40.2 Å². The number of nitrogens with zero attached hydrogens (tertiary/aromatic N) is 1. The zero-order valence-electron chi connectivity index (χ0n) is 12.9. The van der Waals surface area contributed by atoms with Crippen LogP contribution in [0.4, 0.5) is 0 Å². The first-order valence-electron chi connectivity index (χ1n) is 7.42. The number of hydrogen-bond acceptors (Lipinski definition) is 4. The zero-order valence-corrected chi connectivity index (χ0v) is 15.3. The lowest BCUT2D eigenvalue weighted by atomic mass is 9.94. The van der Waals surface area contributed by atoms with Crippen LogP contribution in [0, 0.1) is 0 Å². The summed E-state index contributed by atoms with van der Waals surface area (Å²) in [5.41, 5.74) is 1.54. The number of carbonyl (C=O) groups excluding carboxylic acids is 1. The molecule has 0 spiro atoms. The van der Waals surface area contributed by atoms with Crippen LogP contribution in [0.2, 0.25) is 0 Å². The fraction of sp³-hybridized carbons (Fsp3) is 0.176. The van der Waals surface area contributed by atoms with Gasteiger partial charge in [0.05, 0.1) is 10.9 Å². The van der Waals surface area contributed by atoms with Crippen molar-refractivity contribution in [3.63, 3.8) is 0 Å². The number of carboxylic acids is 1. The van der Waals surface area contributed by atoms with E-state index in [1.807, 2.05) is 0 Å². The average Bonchev–Trinajstić information content (AvgIpc) is 2.60. The van der Waals surface area contributed by atoms with E-state index in [2.05, 4.69) is 15.9 Å². The van der Waals surface area contributed by atoms with Crippen molar-refractivity contribution in [2.24, 2.45) is 0 Å². The molecule has 6 nitrogen and oxygen atoms in total. The Kier molecular flexibility index (Phi) is 4.77. The molecule has 8 heteroatoms. The van der Waals surface area contributed by atoms with E-state index in [4.69, 9.17) is 5.11 Å². The molecule has 2 aromatic rings. The lowest BCUT2D eigenvalue weighted by Gasteiger charge is -2.34. The minimum absolute atomic E-state index is 0.0123. The molecule has 0 radical (unpaired) electrons. The van der Waals surface area contributed by atoms with E-state index in [0.29, 0.717) is 4.47 Å². The van der Waals surface area contributed by atoms with Crippen molar-refractivity contribution in [3.8, 4) is 0 Å². The second-order valence-corrected chi connectivity index (χ2v) is 8.47. The summed E-state index contributed by atoms with van der Waals surface area (Å²) in [7, 11) is -4.02. The van der Waals surface area contributed by atoms with Gasteiger partial charge in [-0.25, -0.2) is 13.2 Å². The van der Waals surface area contributed by atoms with Crippen molar-refractivity contribution < 1.29 is 23.1 Å². The van der Waals surface area contributed by atoms with Crippen LogP contribution < -0.4 is 0 Å². The predicted octanol–water partition coefficient (Wildman–Crippen LogP) is 2.22. The lowest BCUT2D eigenvalue weighted by Crippen LogP contribution is -2.50. The number of sulfonamides is 1. The summed E-state index contributed by atoms with van der Waals surface area (Å²) < 4.78 is 27.7. The first-order valence-corrected chi connectivity index (χ1v) is 9.65. The van der Waals surface area contributed by atoms with Crippen LogP contribution in [0.3, 0.4) is 0 Å². The average molecular weight is 424 g/mol. The van der Waals surface area contributed by atoms with Crippen LogP contribution in [0.15, 0.2) is 57.9 Å². The predicted molar refractivity (Wildman–Crippen MR) is 93.4 cm³/mol. The minimum Gasteiger partial charge on any atom is -0.475 e. The Morgan fingerprint density at radius 3 is 2.24 bits per heavy atom. The molecule has 1 aliphatic heterocycles. The third kappa shape index (κ3) is 3.37. The summed E-state index contributed by atoms with van der Waals surface area (Å²) in [6.45, 7) is -0.0434. The quantitative estimate of drug-likeness (QED) is 0.761. The molecule has 1 atom stereocenters. The third-order valence-corrected chi connectivity index (χ3v) is 6.54. The van der Waals surface area contributed by atoms with Gasteiger partial charge in [0.1, 0.15) is 0 Å². The van der Waals surface area contributed by atoms with E-state index >= 15 is 0 Å². The van der Waals surface area contributed by atoms with Gasteiger partial charge >= 0.3 is 5.97 Å². The highest BCUT2D eigenvalue weighted by molar-refractivity contribution is 9.10. The SMILES string of the molecule is O=C(O)C(=O)[C@H]1Cc2ccccc2CN1S(=O)(=O)c1ccc(Br)cc1. The number of Topliss-reactive ketones (excluding diaryl/α,β-unsaturated/α-hetero) is 1. The normalized spacial score (nSPS) is 17.7. The Morgan fingerprint density at radius 2 is 1.64 bits per heavy atom.